The van der Waals surface area contributed by atoms with Gasteiger partial charge in [-0.3, -0.25) is 4.79 Å². The first-order valence-electron chi connectivity index (χ1n) is 13.0. The average molecular weight is 525 g/mol. The quantitative estimate of drug-likeness (QED) is 0.259. The van der Waals surface area contributed by atoms with Crippen molar-refractivity contribution >= 4 is 29.1 Å². The van der Waals surface area contributed by atoms with E-state index in [1.807, 2.05) is 78.9 Å². The Morgan fingerprint density at radius 1 is 0.846 bits per heavy atom. The first-order chi connectivity index (χ1) is 19.1. The Labute approximate surface area is 228 Å². The van der Waals surface area contributed by atoms with Gasteiger partial charge in [-0.1, -0.05) is 103 Å². The fraction of sp³-hybridized carbons (Fsp3) is 0.219. The van der Waals surface area contributed by atoms with Crippen molar-refractivity contribution in [2.24, 2.45) is 0 Å². The van der Waals surface area contributed by atoms with E-state index in [4.69, 9.17) is 4.74 Å². The van der Waals surface area contributed by atoms with E-state index >= 15 is 0 Å². The van der Waals surface area contributed by atoms with Crippen LogP contribution in [0.15, 0.2) is 103 Å². The summed E-state index contributed by atoms with van der Waals surface area (Å²) in [6.45, 7) is 0.0490. The van der Waals surface area contributed by atoms with E-state index in [-0.39, 0.29) is 32.6 Å². The predicted octanol–water partition coefficient (Wildman–Crippen LogP) is 4.83. The Kier molecular flexibility index (Phi) is 9.80. The number of fused-ring (bicyclic) bond motifs is 1. The van der Waals surface area contributed by atoms with Gasteiger partial charge in [-0.2, -0.15) is 0 Å². The molecule has 4 aromatic carbocycles. The minimum atomic E-state index is -1.00. The molecule has 4 aromatic rings. The molecule has 200 valence electrons. The average Bonchev–Trinajstić information content (AvgIpc) is 2.98. The summed E-state index contributed by atoms with van der Waals surface area (Å²) in [4.78, 5) is 40.6. The second kappa shape index (κ2) is 13.9. The first kappa shape index (κ1) is 27.5. The van der Waals surface area contributed by atoms with Crippen molar-refractivity contribution in [3.63, 3.8) is 0 Å². The molecule has 2 N–H and O–H groups in total. The minimum absolute atomic E-state index is 0.0543. The number of aldehydes is 1. The molecule has 0 heterocycles. The van der Waals surface area contributed by atoms with E-state index in [9.17, 15) is 19.5 Å². The van der Waals surface area contributed by atoms with Crippen LogP contribution in [0.5, 0.6) is 0 Å². The second-order valence-corrected chi connectivity index (χ2v) is 9.24. The Hall–Kier alpha value is -4.49. The summed E-state index contributed by atoms with van der Waals surface area (Å²) in [6.07, 6.45) is 0.456. The van der Waals surface area contributed by atoms with Gasteiger partial charge in [0.2, 0.25) is 5.91 Å². The molecular weight excluding hydrogens is 492 g/mol. The molecule has 0 bridgehead atoms. The molecular formula is C32H32N2O5. The van der Waals surface area contributed by atoms with Crippen LogP contribution in [0, 0.1) is 0 Å². The summed E-state index contributed by atoms with van der Waals surface area (Å²) in [5.41, 5.74) is 2.31. The molecule has 0 fully saturated rings. The molecule has 0 spiro atoms. The number of hydrogen-bond acceptors (Lipinski definition) is 5. The normalized spacial score (nSPS) is 12.3. The number of aliphatic hydroxyl groups is 1. The van der Waals surface area contributed by atoms with Crippen LogP contribution in [0.1, 0.15) is 29.2 Å². The lowest BCUT2D eigenvalue weighted by Gasteiger charge is -2.32. The number of nitrogens with one attached hydrogen (secondary N) is 1. The number of carbonyl (C=O) groups is 3. The molecule has 4 rings (SSSR count). The van der Waals surface area contributed by atoms with Gasteiger partial charge in [-0.15, -0.1) is 0 Å². The molecule has 0 aromatic heterocycles. The molecule has 2 atom stereocenters. The minimum Gasteiger partial charge on any atom is -0.445 e. The Balaban J connectivity index is 1.61. The van der Waals surface area contributed by atoms with E-state index in [0.717, 1.165) is 21.9 Å². The first-order valence-corrected chi connectivity index (χ1v) is 13.0. The summed E-state index contributed by atoms with van der Waals surface area (Å²) in [5.74, 6) is -0.436. The summed E-state index contributed by atoms with van der Waals surface area (Å²) in [6, 6.07) is 30.2. The van der Waals surface area contributed by atoms with Crippen molar-refractivity contribution in [2.45, 2.75) is 31.5 Å². The monoisotopic (exact) mass is 524 g/mol. The standard InChI is InChI=1S/C32H32N2O5/c35-19-9-18-34(30(22-36)27-13-5-2-6-14-27)31(37)29(33-32(38)39-23-24-10-3-1-4-11-24)21-25-16-17-26-12-7-8-15-28(26)20-25/h1-8,10-17,20,22,29-30,35H,9,18-19,21,23H2,(H,33,38). The zero-order valence-electron chi connectivity index (χ0n) is 21.6. The number of nitrogens with zero attached hydrogens (tertiary/aromatic N) is 1. The van der Waals surface area contributed by atoms with Crippen molar-refractivity contribution in [2.75, 3.05) is 13.2 Å². The largest absolute Gasteiger partial charge is 0.445 e. The number of alkyl carbamates (subject to hydrolysis) is 1. The third kappa shape index (κ3) is 7.52. The van der Waals surface area contributed by atoms with Crippen molar-refractivity contribution in [3.05, 3.63) is 120 Å². The van der Waals surface area contributed by atoms with Crippen LogP contribution < -0.4 is 5.32 Å². The van der Waals surface area contributed by atoms with Crippen LogP contribution >= 0.6 is 0 Å². The van der Waals surface area contributed by atoms with Gasteiger partial charge < -0.3 is 24.9 Å². The molecule has 2 amide bonds. The summed E-state index contributed by atoms with van der Waals surface area (Å²) in [5, 5.41) is 14.3. The predicted molar refractivity (Wildman–Crippen MR) is 150 cm³/mol. The van der Waals surface area contributed by atoms with Crippen LogP contribution in [-0.4, -0.2) is 47.5 Å². The van der Waals surface area contributed by atoms with Crippen LogP contribution in [0.25, 0.3) is 10.8 Å². The third-order valence-electron chi connectivity index (χ3n) is 6.50. The van der Waals surface area contributed by atoms with Gasteiger partial charge in [0, 0.05) is 19.6 Å². The van der Waals surface area contributed by atoms with E-state index < -0.39 is 24.1 Å². The van der Waals surface area contributed by atoms with Crippen molar-refractivity contribution in [3.8, 4) is 0 Å². The molecule has 0 saturated heterocycles. The van der Waals surface area contributed by atoms with Crippen molar-refractivity contribution < 1.29 is 24.2 Å². The molecule has 0 saturated carbocycles. The fourth-order valence-corrected chi connectivity index (χ4v) is 4.52. The van der Waals surface area contributed by atoms with Crippen LogP contribution in [0.3, 0.4) is 0 Å². The van der Waals surface area contributed by atoms with Gasteiger partial charge in [-0.25, -0.2) is 4.79 Å². The van der Waals surface area contributed by atoms with Gasteiger partial charge in [0.15, 0.2) is 0 Å². The number of benzene rings is 4. The second-order valence-electron chi connectivity index (χ2n) is 9.24. The lowest BCUT2D eigenvalue weighted by atomic mass is 9.99. The van der Waals surface area contributed by atoms with Gasteiger partial charge in [0.05, 0.1) is 0 Å². The summed E-state index contributed by atoms with van der Waals surface area (Å²) in [7, 11) is 0. The maximum absolute atomic E-state index is 14.0. The van der Waals surface area contributed by atoms with Gasteiger partial charge in [0.1, 0.15) is 25.0 Å². The molecule has 39 heavy (non-hydrogen) atoms. The maximum atomic E-state index is 14.0. The smallest absolute Gasteiger partial charge is 0.408 e. The Bertz CT molecular complexity index is 1380. The zero-order valence-corrected chi connectivity index (χ0v) is 21.6. The lowest BCUT2D eigenvalue weighted by Crippen LogP contribution is -2.51. The van der Waals surface area contributed by atoms with Gasteiger partial charge in [-0.05, 0) is 33.9 Å². The topological polar surface area (TPSA) is 95.9 Å². The summed E-state index contributed by atoms with van der Waals surface area (Å²) < 4.78 is 5.42. The maximum Gasteiger partial charge on any atom is 0.408 e. The zero-order chi connectivity index (χ0) is 27.5. The van der Waals surface area contributed by atoms with Crippen LogP contribution in [-0.2, 0) is 27.4 Å². The van der Waals surface area contributed by atoms with Crippen LogP contribution in [0.2, 0.25) is 0 Å². The molecule has 0 aliphatic rings. The SMILES string of the molecule is O=CC(c1ccccc1)N(CCCO)C(=O)C(Cc1ccc2ccccc2c1)NC(=O)OCc1ccccc1. The van der Waals surface area contributed by atoms with Crippen LogP contribution in [0.4, 0.5) is 4.79 Å². The van der Waals surface area contributed by atoms with Crippen molar-refractivity contribution in [1.29, 1.82) is 0 Å². The number of ether oxygens (including phenoxy) is 1. The molecule has 2 unspecified atom stereocenters. The Morgan fingerprint density at radius 3 is 2.21 bits per heavy atom. The summed E-state index contributed by atoms with van der Waals surface area (Å²) >= 11 is 0. The van der Waals surface area contributed by atoms with Gasteiger partial charge >= 0.3 is 6.09 Å². The highest BCUT2D eigenvalue weighted by Crippen LogP contribution is 2.22. The molecule has 0 aliphatic carbocycles. The van der Waals surface area contributed by atoms with Gasteiger partial charge in [0.25, 0.3) is 0 Å². The molecule has 0 aliphatic heterocycles. The number of carbonyl (C=O) groups excluding carboxylic acids is 3. The number of rotatable bonds is 12. The van der Waals surface area contributed by atoms with E-state index in [1.54, 1.807) is 24.3 Å². The Morgan fingerprint density at radius 2 is 1.51 bits per heavy atom. The number of hydrogen-bond donors (Lipinski definition) is 2. The number of amides is 2. The third-order valence-corrected chi connectivity index (χ3v) is 6.50. The molecule has 0 radical (unpaired) electrons. The fourth-order valence-electron chi connectivity index (χ4n) is 4.52. The highest BCUT2D eigenvalue weighted by Gasteiger charge is 2.32. The lowest BCUT2D eigenvalue weighted by molar-refractivity contribution is -0.138. The highest BCUT2D eigenvalue weighted by atomic mass is 16.5. The molecule has 7 nitrogen and oxygen atoms in total. The van der Waals surface area contributed by atoms with E-state index in [2.05, 4.69) is 5.32 Å². The number of aliphatic hydroxyl groups excluding tert-OH is 1. The highest BCUT2D eigenvalue weighted by molar-refractivity contribution is 5.89. The van der Waals surface area contributed by atoms with Crippen molar-refractivity contribution in [1.82, 2.24) is 10.2 Å². The molecule has 7 heteroatoms. The van der Waals surface area contributed by atoms with E-state index in [1.165, 1.54) is 4.90 Å². The van der Waals surface area contributed by atoms with E-state index in [0.29, 0.717) is 11.8 Å².